The predicted octanol–water partition coefficient (Wildman–Crippen LogP) is 6.51. The third kappa shape index (κ3) is 5.18. The average Bonchev–Trinajstić information content (AvgIpc) is 3.14. The zero-order valence-corrected chi connectivity index (χ0v) is 20.6. The first-order valence-corrected chi connectivity index (χ1v) is 12.7. The lowest BCUT2D eigenvalue weighted by molar-refractivity contribution is 0.0170. The third-order valence-electron chi connectivity index (χ3n) is 5.99. The molecule has 0 aromatic heterocycles. The highest BCUT2D eigenvalue weighted by Crippen LogP contribution is 2.47. The Kier molecular flexibility index (Phi) is 6.64. The average molecular weight is 501 g/mol. The van der Waals surface area contributed by atoms with Crippen molar-refractivity contribution in [3.8, 4) is 0 Å². The monoisotopic (exact) mass is 500 g/mol. The van der Waals surface area contributed by atoms with E-state index >= 15 is 0 Å². The summed E-state index contributed by atoms with van der Waals surface area (Å²) < 4.78 is 69.8. The molecule has 1 aliphatic rings. The Morgan fingerprint density at radius 2 is 1.49 bits per heavy atom. The molecule has 3 aromatic carbocycles. The minimum absolute atomic E-state index is 0.115. The Bertz CT molecular complexity index is 1290. The number of sulfonamides is 1. The van der Waals surface area contributed by atoms with Gasteiger partial charge in [0.05, 0.1) is 28.7 Å². The molecule has 8 heteroatoms. The van der Waals surface area contributed by atoms with E-state index in [0.29, 0.717) is 5.71 Å². The van der Waals surface area contributed by atoms with Gasteiger partial charge in [-0.05, 0) is 38.5 Å². The number of alkyl halides is 2. The second kappa shape index (κ2) is 9.24. The summed E-state index contributed by atoms with van der Waals surface area (Å²) in [5, 5.41) is 0. The number of rotatable bonds is 5. The van der Waals surface area contributed by atoms with Crippen LogP contribution in [0.4, 0.5) is 18.9 Å². The van der Waals surface area contributed by atoms with E-state index in [1.54, 1.807) is 0 Å². The molecule has 0 saturated carbocycles. The summed E-state index contributed by atoms with van der Waals surface area (Å²) in [6.07, 6.45) is -0.706. The lowest BCUT2D eigenvalue weighted by Gasteiger charge is -2.31. The highest BCUT2D eigenvalue weighted by Gasteiger charge is 2.53. The van der Waals surface area contributed by atoms with Gasteiger partial charge in [-0.25, -0.2) is 26.6 Å². The number of aliphatic imine (C=N–C) groups is 1. The highest BCUT2D eigenvalue weighted by molar-refractivity contribution is 7.90. The number of nitrogens with zero attached hydrogens (tertiary/aromatic N) is 2. The van der Waals surface area contributed by atoms with Gasteiger partial charge in [-0.3, -0.25) is 0 Å². The van der Waals surface area contributed by atoms with Crippen molar-refractivity contribution in [3.63, 3.8) is 0 Å². The molecule has 0 spiro atoms. The molecule has 0 bridgehead atoms. The minimum atomic E-state index is -4.09. The zero-order chi connectivity index (χ0) is 25.4. The van der Waals surface area contributed by atoms with Crippen molar-refractivity contribution < 1.29 is 21.6 Å². The van der Waals surface area contributed by atoms with E-state index in [-0.39, 0.29) is 11.3 Å². The van der Waals surface area contributed by atoms with E-state index in [1.165, 1.54) is 32.9 Å². The second-order valence-electron chi connectivity index (χ2n) is 9.63. The molecule has 3 aromatic rings. The van der Waals surface area contributed by atoms with Crippen molar-refractivity contribution in [3.05, 3.63) is 101 Å². The lowest BCUT2D eigenvalue weighted by Crippen LogP contribution is -2.43. The fraction of sp³-hybridized carbons (Fsp3) is 0.296. The number of benzene rings is 3. The van der Waals surface area contributed by atoms with E-state index in [2.05, 4.69) is 0 Å². The molecule has 4 nitrogen and oxygen atoms in total. The second-order valence-corrected chi connectivity index (χ2v) is 12.3. The molecular weight excluding hydrogens is 473 g/mol. The van der Waals surface area contributed by atoms with Gasteiger partial charge < -0.3 is 0 Å². The van der Waals surface area contributed by atoms with Crippen molar-refractivity contribution in [1.82, 2.24) is 4.31 Å². The summed E-state index contributed by atoms with van der Waals surface area (Å²) in [6.45, 7) is 3.50. The molecule has 1 fully saturated rings. The standard InChI is InChI=1S/C27H27F3N2O2S/c1-26(2,3)35(33,34)32-18-27(29,30)17-24(32)22-15-14-21(28)16-23(22)31-25(19-10-6-4-7-11-19)20-12-8-5-9-13-20/h4-16,24H,17-18H2,1-3H3/t24-/m0/s1. The summed E-state index contributed by atoms with van der Waals surface area (Å²) >= 11 is 0. The molecule has 1 aliphatic heterocycles. The topological polar surface area (TPSA) is 49.7 Å². The van der Waals surface area contributed by atoms with E-state index in [1.807, 2.05) is 60.7 Å². The maximum atomic E-state index is 14.6. The fourth-order valence-electron chi connectivity index (χ4n) is 4.16. The summed E-state index contributed by atoms with van der Waals surface area (Å²) in [6, 6.07) is 21.0. The molecule has 1 atom stereocenters. The van der Waals surface area contributed by atoms with E-state index in [9.17, 15) is 21.6 Å². The van der Waals surface area contributed by atoms with Crippen molar-refractivity contribution in [2.24, 2.45) is 4.99 Å². The van der Waals surface area contributed by atoms with Crippen molar-refractivity contribution in [2.75, 3.05) is 6.54 Å². The van der Waals surface area contributed by atoms with Crippen LogP contribution < -0.4 is 0 Å². The van der Waals surface area contributed by atoms with E-state index in [0.717, 1.165) is 21.5 Å². The summed E-state index contributed by atoms with van der Waals surface area (Å²) in [5.74, 6) is -3.82. The van der Waals surface area contributed by atoms with Gasteiger partial charge in [0.25, 0.3) is 5.92 Å². The molecule has 1 saturated heterocycles. The van der Waals surface area contributed by atoms with Crippen LogP contribution in [0.5, 0.6) is 0 Å². The van der Waals surface area contributed by atoms with Crippen LogP contribution in [0.2, 0.25) is 0 Å². The van der Waals surface area contributed by atoms with Gasteiger partial charge in [0, 0.05) is 17.5 Å². The SMILES string of the molecule is CC(C)(C)S(=O)(=O)N1CC(F)(F)C[C@H]1c1ccc(F)cc1N=C(c1ccccc1)c1ccccc1. The van der Waals surface area contributed by atoms with Crippen molar-refractivity contribution in [1.29, 1.82) is 0 Å². The van der Waals surface area contributed by atoms with Crippen LogP contribution in [0.15, 0.2) is 83.9 Å². The number of hydrogen-bond donors (Lipinski definition) is 0. The highest BCUT2D eigenvalue weighted by atomic mass is 32.2. The van der Waals surface area contributed by atoms with Crippen LogP contribution in [-0.4, -0.2) is 35.6 Å². The molecule has 0 amide bonds. The van der Waals surface area contributed by atoms with Crippen LogP contribution in [0.1, 0.15) is 49.9 Å². The Hall–Kier alpha value is -2.97. The van der Waals surface area contributed by atoms with Crippen molar-refractivity contribution >= 4 is 21.4 Å². The molecule has 0 radical (unpaired) electrons. The largest absolute Gasteiger partial charge is 0.263 e. The summed E-state index contributed by atoms with van der Waals surface area (Å²) in [7, 11) is -4.09. The van der Waals surface area contributed by atoms with Gasteiger partial charge >= 0.3 is 0 Å². The van der Waals surface area contributed by atoms with Crippen LogP contribution in [0.3, 0.4) is 0 Å². The Balaban J connectivity index is 1.91. The Labute approximate surface area is 204 Å². The molecule has 0 aliphatic carbocycles. The molecule has 35 heavy (non-hydrogen) atoms. The van der Waals surface area contributed by atoms with Crippen LogP contribution >= 0.6 is 0 Å². The van der Waals surface area contributed by atoms with E-state index in [4.69, 9.17) is 4.99 Å². The molecule has 4 rings (SSSR count). The van der Waals surface area contributed by atoms with Gasteiger partial charge in [-0.2, -0.15) is 4.31 Å². The predicted molar refractivity (Wildman–Crippen MR) is 132 cm³/mol. The summed E-state index contributed by atoms with van der Waals surface area (Å²) in [5.41, 5.74) is 2.38. The molecular formula is C27H27F3N2O2S. The number of halogens is 3. The Morgan fingerprint density at radius 3 is 2.00 bits per heavy atom. The van der Waals surface area contributed by atoms with Gasteiger partial charge in [0.15, 0.2) is 0 Å². The first-order chi connectivity index (χ1) is 16.4. The van der Waals surface area contributed by atoms with Gasteiger partial charge in [0.1, 0.15) is 5.82 Å². The van der Waals surface area contributed by atoms with Crippen LogP contribution in [0, 0.1) is 5.82 Å². The minimum Gasteiger partial charge on any atom is -0.247 e. The first-order valence-electron chi connectivity index (χ1n) is 11.3. The molecule has 0 unspecified atom stereocenters. The fourth-order valence-corrected chi connectivity index (χ4v) is 5.75. The smallest absolute Gasteiger partial charge is 0.247 e. The van der Waals surface area contributed by atoms with Gasteiger partial charge in [-0.15, -0.1) is 0 Å². The zero-order valence-electron chi connectivity index (χ0n) is 19.8. The maximum Gasteiger partial charge on any atom is 0.263 e. The van der Waals surface area contributed by atoms with E-state index < -0.39 is 45.5 Å². The molecule has 184 valence electrons. The normalized spacial score (nSPS) is 18.4. The quantitative estimate of drug-likeness (QED) is 0.375. The first kappa shape index (κ1) is 25.1. The van der Waals surface area contributed by atoms with Crippen LogP contribution in [0.25, 0.3) is 0 Å². The van der Waals surface area contributed by atoms with Gasteiger partial charge in [0.2, 0.25) is 10.0 Å². The molecule has 0 N–H and O–H groups in total. The lowest BCUT2D eigenvalue weighted by atomic mass is 10.00. The van der Waals surface area contributed by atoms with Crippen LogP contribution in [-0.2, 0) is 10.0 Å². The van der Waals surface area contributed by atoms with Crippen molar-refractivity contribution in [2.45, 2.75) is 43.9 Å². The third-order valence-corrected chi connectivity index (χ3v) is 8.54. The van der Waals surface area contributed by atoms with Gasteiger partial charge in [-0.1, -0.05) is 66.7 Å². The Morgan fingerprint density at radius 1 is 0.943 bits per heavy atom. The molecule has 1 heterocycles. The maximum absolute atomic E-state index is 14.6. The summed E-state index contributed by atoms with van der Waals surface area (Å²) in [4.78, 5) is 4.74. The number of hydrogen-bond acceptors (Lipinski definition) is 3.